The Morgan fingerprint density at radius 2 is 1.04 bits per heavy atom. The van der Waals surface area contributed by atoms with Crippen LogP contribution in [0.15, 0.2) is 24.3 Å². The summed E-state index contributed by atoms with van der Waals surface area (Å²) in [6, 6.07) is 0.808. The van der Waals surface area contributed by atoms with Crippen LogP contribution < -0.4 is 0 Å². The third kappa shape index (κ3) is 20.0. The van der Waals surface area contributed by atoms with Crippen molar-refractivity contribution in [2.75, 3.05) is 14.1 Å². The maximum atomic E-state index is 2.44. The van der Waals surface area contributed by atoms with Crippen molar-refractivity contribution in [3.8, 4) is 0 Å². The molecule has 0 radical (unpaired) electrons. The van der Waals surface area contributed by atoms with Crippen LogP contribution >= 0.6 is 0 Å². The van der Waals surface area contributed by atoms with Gasteiger partial charge in [-0.25, -0.2) is 0 Å². The maximum absolute atomic E-state index is 2.44. The van der Waals surface area contributed by atoms with Crippen LogP contribution in [0.2, 0.25) is 0 Å². The van der Waals surface area contributed by atoms with E-state index in [1.54, 1.807) is 0 Å². The first-order chi connectivity index (χ1) is 13.2. The van der Waals surface area contributed by atoms with Crippen molar-refractivity contribution in [3.63, 3.8) is 0 Å². The molecule has 0 N–H and O–H groups in total. The molecular weight excluding hydrogens is 326 g/mol. The van der Waals surface area contributed by atoms with Crippen LogP contribution in [0, 0.1) is 0 Å². The van der Waals surface area contributed by atoms with Crippen LogP contribution in [0.5, 0.6) is 0 Å². The number of hydrogen-bond donors (Lipinski definition) is 0. The van der Waals surface area contributed by atoms with Crippen LogP contribution in [0.25, 0.3) is 0 Å². The Kier molecular flexibility index (Phi) is 21.3. The van der Waals surface area contributed by atoms with Gasteiger partial charge in [0.05, 0.1) is 0 Å². The fourth-order valence-electron chi connectivity index (χ4n) is 3.65. The second kappa shape index (κ2) is 21.7. The molecule has 1 nitrogen and oxygen atoms in total. The Hall–Kier alpha value is -0.560. The number of nitrogens with zero attached hydrogens (tertiary/aromatic N) is 1. The Bertz CT molecular complexity index is 329. The van der Waals surface area contributed by atoms with Crippen LogP contribution in [0.4, 0.5) is 0 Å². The van der Waals surface area contributed by atoms with E-state index in [0.29, 0.717) is 0 Å². The Morgan fingerprint density at radius 1 is 0.556 bits per heavy atom. The fraction of sp³-hybridized carbons (Fsp3) is 0.846. The quantitative estimate of drug-likeness (QED) is 0.151. The van der Waals surface area contributed by atoms with Gasteiger partial charge in [-0.05, 0) is 59.0 Å². The van der Waals surface area contributed by atoms with Gasteiger partial charge in [-0.2, -0.15) is 0 Å². The molecule has 0 rings (SSSR count). The van der Waals surface area contributed by atoms with Crippen molar-refractivity contribution in [1.82, 2.24) is 4.90 Å². The van der Waals surface area contributed by atoms with E-state index < -0.39 is 0 Å². The van der Waals surface area contributed by atoms with Gasteiger partial charge in [0.25, 0.3) is 0 Å². The minimum Gasteiger partial charge on any atom is -0.306 e. The first-order valence-electron chi connectivity index (χ1n) is 12.2. The van der Waals surface area contributed by atoms with Crippen LogP contribution in [0.3, 0.4) is 0 Å². The van der Waals surface area contributed by atoms with Gasteiger partial charge in [0.1, 0.15) is 0 Å². The SMILES string of the molecule is CCCCC/C=C/C/C=C/CCCCCCCCCC(CCCC)N(C)C. The average Bonchev–Trinajstić information content (AvgIpc) is 2.66. The van der Waals surface area contributed by atoms with Crippen LogP contribution in [0.1, 0.15) is 123 Å². The van der Waals surface area contributed by atoms with Crippen molar-refractivity contribution < 1.29 is 0 Å². The maximum Gasteiger partial charge on any atom is 0.00891 e. The molecule has 0 fully saturated rings. The van der Waals surface area contributed by atoms with E-state index in [0.717, 1.165) is 12.5 Å². The van der Waals surface area contributed by atoms with E-state index in [-0.39, 0.29) is 0 Å². The van der Waals surface area contributed by atoms with Crippen molar-refractivity contribution in [3.05, 3.63) is 24.3 Å². The summed E-state index contributed by atoms with van der Waals surface area (Å²) in [4.78, 5) is 2.44. The summed E-state index contributed by atoms with van der Waals surface area (Å²) in [7, 11) is 4.50. The summed E-state index contributed by atoms with van der Waals surface area (Å²) in [6.45, 7) is 4.57. The van der Waals surface area contributed by atoms with Gasteiger partial charge < -0.3 is 4.90 Å². The van der Waals surface area contributed by atoms with Gasteiger partial charge in [-0.3, -0.25) is 0 Å². The summed E-state index contributed by atoms with van der Waals surface area (Å²) < 4.78 is 0. The fourth-order valence-corrected chi connectivity index (χ4v) is 3.65. The highest BCUT2D eigenvalue weighted by molar-refractivity contribution is 4.92. The smallest absolute Gasteiger partial charge is 0.00891 e. The van der Waals surface area contributed by atoms with Gasteiger partial charge in [0, 0.05) is 6.04 Å². The van der Waals surface area contributed by atoms with E-state index in [1.807, 2.05) is 0 Å². The molecule has 1 atom stereocenters. The predicted octanol–water partition coefficient (Wildman–Crippen LogP) is 8.70. The lowest BCUT2D eigenvalue weighted by Crippen LogP contribution is -2.27. The normalized spacial score (nSPS) is 13.4. The van der Waals surface area contributed by atoms with Gasteiger partial charge in [0.15, 0.2) is 0 Å². The highest BCUT2D eigenvalue weighted by Gasteiger charge is 2.09. The van der Waals surface area contributed by atoms with Crippen molar-refractivity contribution in [2.45, 2.75) is 129 Å². The summed E-state index contributed by atoms with van der Waals surface area (Å²) in [5, 5.41) is 0. The summed E-state index contributed by atoms with van der Waals surface area (Å²) in [6.07, 6.45) is 32.5. The molecule has 160 valence electrons. The van der Waals surface area contributed by atoms with Crippen LogP contribution in [-0.4, -0.2) is 25.0 Å². The topological polar surface area (TPSA) is 3.24 Å². The lowest BCUT2D eigenvalue weighted by molar-refractivity contribution is 0.253. The predicted molar refractivity (Wildman–Crippen MR) is 126 cm³/mol. The molecule has 0 aromatic carbocycles. The third-order valence-corrected chi connectivity index (χ3v) is 5.61. The Morgan fingerprint density at radius 3 is 1.59 bits per heavy atom. The van der Waals surface area contributed by atoms with E-state index >= 15 is 0 Å². The number of allylic oxidation sites excluding steroid dienone is 4. The zero-order valence-corrected chi connectivity index (χ0v) is 19.4. The van der Waals surface area contributed by atoms with Gasteiger partial charge in [-0.1, -0.05) is 102 Å². The molecule has 0 heterocycles. The summed E-state index contributed by atoms with van der Waals surface area (Å²) in [5.74, 6) is 0. The van der Waals surface area contributed by atoms with Crippen molar-refractivity contribution >= 4 is 0 Å². The number of unbranched alkanes of at least 4 members (excludes halogenated alkanes) is 11. The number of hydrogen-bond acceptors (Lipinski definition) is 1. The average molecular weight is 378 g/mol. The lowest BCUT2D eigenvalue weighted by atomic mass is 10.0. The molecule has 0 aromatic rings. The molecule has 0 aliphatic heterocycles. The molecule has 0 saturated heterocycles. The minimum absolute atomic E-state index is 0.808. The minimum atomic E-state index is 0.808. The van der Waals surface area contributed by atoms with E-state index in [4.69, 9.17) is 0 Å². The molecule has 0 amide bonds. The third-order valence-electron chi connectivity index (χ3n) is 5.61. The van der Waals surface area contributed by atoms with E-state index in [1.165, 1.54) is 103 Å². The second-order valence-electron chi connectivity index (χ2n) is 8.49. The second-order valence-corrected chi connectivity index (χ2v) is 8.49. The highest BCUT2D eigenvalue weighted by Crippen LogP contribution is 2.16. The molecule has 0 bridgehead atoms. The highest BCUT2D eigenvalue weighted by atomic mass is 15.1. The van der Waals surface area contributed by atoms with Crippen molar-refractivity contribution in [2.24, 2.45) is 0 Å². The molecule has 1 unspecified atom stereocenters. The van der Waals surface area contributed by atoms with Gasteiger partial charge in [-0.15, -0.1) is 0 Å². The molecule has 0 spiro atoms. The molecular formula is C26H51N. The Labute approximate surface area is 172 Å². The van der Waals surface area contributed by atoms with Gasteiger partial charge in [0.2, 0.25) is 0 Å². The monoisotopic (exact) mass is 377 g/mol. The largest absolute Gasteiger partial charge is 0.306 e. The van der Waals surface area contributed by atoms with E-state index in [2.05, 4.69) is 57.1 Å². The van der Waals surface area contributed by atoms with Crippen molar-refractivity contribution in [1.29, 1.82) is 0 Å². The van der Waals surface area contributed by atoms with Gasteiger partial charge >= 0.3 is 0 Å². The first-order valence-corrected chi connectivity index (χ1v) is 12.2. The van der Waals surface area contributed by atoms with Crippen LogP contribution in [-0.2, 0) is 0 Å². The zero-order chi connectivity index (χ0) is 20.0. The molecule has 0 saturated carbocycles. The molecule has 0 aliphatic carbocycles. The molecule has 27 heavy (non-hydrogen) atoms. The zero-order valence-electron chi connectivity index (χ0n) is 19.4. The summed E-state index contributed by atoms with van der Waals surface area (Å²) >= 11 is 0. The molecule has 0 aromatic heterocycles. The Balaban J connectivity index is 3.36. The number of rotatable bonds is 20. The first kappa shape index (κ1) is 26.4. The summed E-state index contributed by atoms with van der Waals surface area (Å²) in [5.41, 5.74) is 0. The molecule has 0 aliphatic rings. The lowest BCUT2D eigenvalue weighted by Gasteiger charge is -2.24. The van der Waals surface area contributed by atoms with E-state index in [9.17, 15) is 0 Å². The molecule has 1 heteroatoms. The standard InChI is InChI=1S/C26H51N/c1-5-7-9-10-11-12-13-14-15-16-17-18-19-20-21-22-23-25-26(27(3)4)24-8-6-2/h11-12,14-15,26H,5-10,13,16-25H2,1-4H3/b12-11+,15-14+.